The lowest BCUT2D eigenvalue weighted by Crippen LogP contribution is -2.41. The molecular weight excluding hydrogens is 466 g/mol. The second-order valence-electron chi connectivity index (χ2n) is 8.51. The quantitative estimate of drug-likeness (QED) is 0.464. The van der Waals surface area contributed by atoms with Crippen molar-refractivity contribution in [3.05, 3.63) is 71.4 Å². The number of hydrogen-bond acceptors (Lipinski definition) is 8. The number of anilines is 1. The van der Waals surface area contributed by atoms with Crippen molar-refractivity contribution in [1.82, 2.24) is 9.88 Å². The molecule has 186 valence electrons. The molecule has 0 unspecified atom stereocenters. The van der Waals surface area contributed by atoms with E-state index in [4.69, 9.17) is 18.6 Å². The van der Waals surface area contributed by atoms with Crippen molar-refractivity contribution in [2.45, 2.75) is 13.5 Å². The number of morpholine rings is 1. The van der Waals surface area contributed by atoms with E-state index in [-0.39, 0.29) is 48.9 Å². The van der Waals surface area contributed by atoms with Crippen molar-refractivity contribution >= 4 is 23.3 Å². The number of aryl methyl sites for hydroxylation is 1. The molecule has 0 radical (unpaired) electrons. The first kappa shape index (κ1) is 23.6. The number of hydrogen-bond donors (Lipinski definition) is 0. The summed E-state index contributed by atoms with van der Waals surface area (Å²) >= 11 is 0. The highest BCUT2D eigenvalue weighted by Gasteiger charge is 2.29. The van der Waals surface area contributed by atoms with Crippen molar-refractivity contribution in [1.29, 1.82) is 0 Å². The lowest BCUT2D eigenvalue weighted by Gasteiger charge is -2.28. The molecule has 0 aliphatic carbocycles. The molecule has 2 amide bonds. The average Bonchev–Trinajstić information content (AvgIpc) is 3.37. The second-order valence-corrected chi connectivity index (χ2v) is 8.51. The number of benzene rings is 2. The van der Waals surface area contributed by atoms with Crippen LogP contribution in [-0.4, -0.2) is 67.0 Å². The van der Waals surface area contributed by atoms with Gasteiger partial charge in [-0.25, -0.2) is 4.98 Å². The van der Waals surface area contributed by atoms with E-state index in [1.165, 1.54) is 11.2 Å². The normalized spacial score (nSPS) is 15.3. The van der Waals surface area contributed by atoms with Gasteiger partial charge >= 0.3 is 0 Å². The topological polar surface area (TPSA) is 111 Å². The zero-order valence-electron chi connectivity index (χ0n) is 19.8. The van der Waals surface area contributed by atoms with Crippen LogP contribution < -0.4 is 14.4 Å². The van der Waals surface area contributed by atoms with Crippen LogP contribution in [0.2, 0.25) is 0 Å². The monoisotopic (exact) mass is 491 g/mol. The summed E-state index contributed by atoms with van der Waals surface area (Å²) < 4.78 is 22.0. The van der Waals surface area contributed by atoms with E-state index in [2.05, 4.69) is 4.98 Å². The Morgan fingerprint density at radius 3 is 2.75 bits per heavy atom. The predicted octanol–water partition coefficient (Wildman–Crippen LogP) is 2.64. The Morgan fingerprint density at radius 1 is 1.11 bits per heavy atom. The van der Waals surface area contributed by atoms with Gasteiger partial charge in [-0.05, 0) is 42.8 Å². The van der Waals surface area contributed by atoms with Crippen molar-refractivity contribution in [2.75, 3.05) is 44.4 Å². The van der Waals surface area contributed by atoms with E-state index in [1.807, 2.05) is 25.1 Å². The van der Waals surface area contributed by atoms with Crippen LogP contribution in [0.15, 0.2) is 53.1 Å². The minimum Gasteiger partial charge on any atom is -0.485 e. The molecule has 0 saturated carbocycles. The van der Waals surface area contributed by atoms with Crippen LogP contribution in [0, 0.1) is 6.92 Å². The molecule has 3 aromatic rings. The highest BCUT2D eigenvalue weighted by Crippen LogP contribution is 2.34. The molecule has 1 saturated heterocycles. The molecule has 1 fully saturated rings. The SMILES string of the molecule is Cc1cccc(OCC(=O)c2ccc3c(c2)N(Cc2nc(C(=O)N4CCOCC4)co2)C(=O)CO3)c1. The number of oxazole rings is 1. The molecule has 0 atom stereocenters. The first-order chi connectivity index (χ1) is 17.5. The van der Waals surface area contributed by atoms with E-state index >= 15 is 0 Å². The predicted molar refractivity (Wildman–Crippen MR) is 127 cm³/mol. The maximum Gasteiger partial charge on any atom is 0.275 e. The fourth-order valence-corrected chi connectivity index (χ4v) is 4.03. The molecule has 36 heavy (non-hydrogen) atoms. The first-order valence-corrected chi connectivity index (χ1v) is 11.6. The van der Waals surface area contributed by atoms with E-state index in [9.17, 15) is 14.4 Å². The molecule has 5 rings (SSSR count). The lowest BCUT2D eigenvalue weighted by atomic mass is 10.1. The van der Waals surface area contributed by atoms with Crippen LogP contribution in [0.4, 0.5) is 5.69 Å². The molecular formula is C26H25N3O7. The molecule has 3 heterocycles. The minimum absolute atomic E-state index is 0.0109. The summed E-state index contributed by atoms with van der Waals surface area (Å²) in [5, 5.41) is 0. The Morgan fingerprint density at radius 2 is 1.94 bits per heavy atom. The number of nitrogens with zero attached hydrogens (tertiary/aromatic N) is 3. The van der Waals surface area contributed by atoms with E-state index in [0.29, 0.717) is 49.1 Å². The van der Waals surface area contributed by atoms with Gasteiger partial charge in [0.05, 0.1) is 18.9 Å². The summed E-state index contributed by atoms with van der Waals surface area (Å²) in [5.41, 5.74) is 2.00. The Hall–Kier alpha value is -4.18. The van der Waals surface area contributed by atoms with Gasteiger partial charge in [0.15, 0.2) is 24.7 Å². The van der Waals surface area contributed by atoms with Crippen LogP contribution in [0.5, 0.6) is 11.5 Å². The summed E-state index contributed by atoms with van der Waals surface area (Å²) in [4.78, 5) is 45.6. The Kier molecular flexibility index (Phi) is 6.68. The lowest BCUT2D eigenvalue weighted by molar-refractivity contribution is -0.121. The van der Waals surface area contributed by atoms with Gasteiger partial charge in [-0.2, -0.15) is 0 Å². The minimum atomic E-state index is -0.317. The number of ether oxygens (including phenoxy) is 3. The fraction of sp³-hybridized carbons (Fsp3) is 0.308. The zero-order valence-corrected chi connectivity index (χ0v) is 19.8. The Bertz CT molecular complexity index is 1300. The van der Waals surface area contributed by atoms with Crippen LogP contribution in [0.1, 0.15) is 32.3 Å². The Labute approximate surface area is 207 Å². The maximum atomic E-state index is 12.8. The molecule has 10 heteroatoms. The van der Waals surface area contributed by atoms with E-state index in [0.717, 1.165) is 5.56 Å². The van der Waals surface area contributed by atoms with Crippen LogP contribution >= 0.6 is 0 Å². The molecule has 2 aliphatic heterocycles. The largest absolute Gasteiger partial charge is 0.485 e. The summed E-state index contributed by atoms with van der Waals surface area (Å²) in [6.45, 7) is 3.56. The van der Waals surface area contributed by atoms with Gasteiger partial charge in [-0.15, -0.1) is 0 Å². The number of carbonyl (C=O) groups excluding carboxylic acids is 3. The fourth-order valence-electron chi connectivity index (χ4n) is 4.03. The van der Waals surface area contributed by atoms with Crippen LogP contribution in [0.3, 0.4) is 0 Å². The number of Topliss-reactive ketones (excluding diaryl/α,β-unsaturated/α-hetero) is 1. The molecule has 0 spiro atoms. The Balaban J connectivity index is 1.31. The van der Waals surface area contributed by atoms with Gasteiger partial charge in [0.2, 0.25) is 5.89 Å². The van der Waals surface area contributed by atoms with Gasteiger partial charge in [-0.3, -0.25) is 19.3 Å². The van der Waals surface area contributed by atoms with Crippen LogP contribution in [-0.2, 0) is 16.1 Å². The van der Waals surface area contributed by atoms with Gasteiger partial charge < -0.3 is 23.5 Å². The number of aromatic nitrogens is 1. The number of amides is 2. The number of fused-ring (bicyclic) bond motifs is 1. The number of ketones is 1. The first-order valence-electron chi connectivity index (χ1n) is 11.6. The molecule has 2 aliphatic rings. The van der Waals surface area contributed by atoms with Crippen molar-refractivity contribution in [2.24, 2.45) is 0 Å². The zero-order chi connectivity index (χ0) is 25.1. The third kappa shape index (κ3) is 5.08. The maximum absolute atomic E-state index is 12.8. The smallest absolute Gasteiger partial charge is 0.275 e. The van der Waals surface area contributed by atoms with Crippen molar-refractivity contribution in [3.8, 4) is 11.5 Å². The molecule has 0 N–H and O–H groups in total. The van der Waals surface area contributed by atoms with Crippen molar-refractivity contribution < 1.29 is 33.0 Å². The third-order valence-corrected chi connectivity index (χ3v) is 5.95. The van der Waals surface area contributed by atoms with Gasteiger partial charge in [0, 0.05) is 18.7 Å². The number of rotatable bonds is 7. The van der Waals surface area contributed by atoms with Gasteiger partial charge in [0.25, 0.3) is 11.8 Å². The summed E-state index contributed by atoms with van der Waals surface area (Å²) in [7, 11) is 0. The molecule has 2 aromatic carbocycles. The van der Waals surface area contributed by atoms with E-state index in [1.54, 1.807) is 29.2 Å². The number of carbonyl (C=O) groups is 3. The standard InChI is InChI=1S/C26H25N3O7/c1-17-3-2-4-19(11-17)34-15-22(30)18-5-6-23-21(12-18)29(25(31)16-35-23)13-24-27-20(14-36-24)26(32)28-7-9-33-10-8-28/h2-6,11-12,14H,7-10,13,15-16H2,1H3. The summed E-state index contributed by atoms with van der Waals surface area (Å²) in [6.07, 6.45) is 1.29. The molecule has 1 aromatic heterocycles. The van der Waals surface area contributed by atoms with Crippen LogP contribution in [0.25, 0.3) is 0 Å². The molecule has 0 bridgehead atoms. The average molecular weight is 492 g/mol. The summed E-state index contributed by atoms with van der Waals surface area (Å²) in [6, 6.07) is 12.3. The highest BCUT2D eigenvalue weighted by molar-refractivity contribution is 6.02. The molecule has 10 nitrogen and oxygen atoms in total. The highest BCUT2D eigenvalue weighted by atomic mass is 16.5. The van der Waals surface area contributed by atoms with Crippen molar-refractivity contribution in [3.63, 3.8) is 0 Å². The summed E-state index contributed by atoms with van der Waals surface area (Å²) in [5.74, 6) is 0.458. The van der Waals surface area contributed by atoms with Gasteiger partial charge in [-0.1, -0.05) is 12.1 Å². The van der Waals surface area contributed by atoms with Gasteiger partial charge in [0.1, 0.15) is 24.3 Å². The van der Waals surface area contributed by atoms with E-state index < -0.39 is 0 Å². The second kappa shape index (κ2) is 10.2. The third-order valence-electron chi connectivity index (χ3n) is 5.95.